The average Bonchev–Trinajstić information content (AvgIpc) is 3.34. The molecule has 0 bridgehead atoms. The van der Waals surface area contributed by atoms with E-state index in [4.69, 9.17) is 4.74 Å². The molecule has 0 radical (unpaired) electrons. The van der Waals surface area contributed by atoms with Crippen molar-refractivity contribution < 1.29 is 70.5 Å². The molecule has 36 heavy (non-hydrogen) atoms. The van der Waals surface area contributed by atoms with Crippen LogP contribution in [0.15, 0.2) is 24.3 Å². The third-order valence-electron chi connectivity index (χ3n) is 8.19. The predicted octanol–water partition coefficient (Wildman–Crippen LogP) is 2.21. The molecule has 194 valence electrons. The maximum absolute atomic E-state index is 13.0. The number of unbranched alkanes of at least 4 members (excludes halogenated alkanes) is 1. The molecule has 0 spiro atoms. The first-order chi connectivity index (χ1) is 16.6. The molecule has 1 aliphatic heterocycles. The molecule has 0 aromatic heterocycles. The second-order valence-corrected chi connectivity index (χ2v) is 11.0. The number of benzene rings is 1. The van der Waals surface area contributed by atoms with Gasteiger partial charge in [-0.1, -0.05) is 90.5 Å². The Labute approximate surface area is 259 Å². The molecule has 0 atom stereocenters. The van der Waals surface area contributed by atoms with Crippen LogP contribution in [0.25, 0.3) is 5.32 Å². The zero-order valence-electron chi connectivity index (χ0n) is 22.9. The number of rotatable bonds is 13. The molecule has 0 unspecified atom stereocenters. The SMILES string of the molecule is CC(C)(C(=O)N1CCC1=O)C(C)(C)c1ccc([N-]COCC(=O)NCCCCC2CCCC2)cc1.[K+]. The summed E-state index contributed by atoms with van der Waals surface area (Å²) in [4.78, 5) is 38.0. The van der Waals surface area contributed by atoms with Gasteiger partial charge in [0.05, 0.1) is 5.41 Å². The van der Waals surface area contributed by atoms with Gasteiger partial charge in [-0.3, -0.25) is 19.3 Å². The zero-order chi connectivity index (χ0) is 25.5. The number of β-lactam (4-membered cyclic amide) rings is 1. The van der Waals surface area contributed by atoms with Gasteiger partial charge in [-0.25, -0.2) is 0 Å². The molecule has 1 saturated heterocycles. The Morgan fingerprint density at radius 3 is 2.33 bits per heavy atom. The first-order valence-electron chi connectivity index (χ1n) is 13.1. The molecule has 1 saturated carbocycles. The van der Waals surface area contributed by atoms with Crippen molar-refractivity contribution in [1.82, 2.24) is 10.2 Å². The first kappa shape index (κ1) is 31.4. The van der Waals surface area contributed by atoms with Gasteiger partial charge < -0.3 is 15.4 Å². The van der Waals surface area contributed by atoms with Crippen LogP contribution in [-0.2, 0) is 24.5 Å². The van der Waals surface area contributed by atoms with Crippen LogP contribution < -0.4 is 56.7 Å². The molecule has 1 aliphatic carbocycles. The Bertz CT molecular complexity index is 879. The van der Waals surface area contributed by atoms with E-state index >= 15 is 0 Å². The van der Waals surface area contributed by atoms with Crippen molar-refractivity contribution in [2.24, 2.45) is 11.3 Å². The van der Waals surface area contributed by atoms with Crippen molar-refractivity contribution in [2.45, 2.75) is 84.5 Å². The van der Waals surface area contributed by atoms with E-state index in [1.807, 2.05) is 52.0 Å². The van der Waals surface area contributed by atoms with E-state index < -0.39 is 10.8 Å². The number of likely N-dealkylation sites (tertiary alicyclic amines) is 1. The summed E-state index contributed by atoms with van der Waals surface area (Å²) in [5, 5.41) is 7.31. The number of nitrogens with one attached hydrogen (secondary N) is 1. The van der Waals surface area contributed by atoms with E-state index in [9.17, 15) is 14.4 Å². The van der Waals surface area contributed by atoms with Crippen molar-refractivity contribution in [3.63, 3.8) is 0 Å². The fourth-order valence-electron chi connectivity index (χ4n) is 4.87. The van der Waals surface area contributed by atoms with Crippen LogP contribution >= 0.6 is 0 Å². The summed E-state index contributed by atoms with van der Waals surface area (Å²) in [6, 6.07) is 7.70. The van der Waals surface area contributed by atoms with Crippen LogP contribution in [0.4, 0.5) is 5.69 Å². The van der Waals surface area contributed by atoms with Gasteiger partial charge in [0, 0.05) is 24.9 Å². The van der Waals surface area contributed by atoms with Gasteiger partial charge in [-0.15, -0.1) is 5.69 Å². The number of imide groups is 1. The minimum Gasteiger partial charge on any atom is -0.662 e. The zero-order valence-corrected chi connectivity index (χ0v) is 26.0. The van der Waals surface area contributed by atoms with Crippen molar-refractivity contribution in [1.29, 1.82) is 0 Å². The molecule has 8 heteroatoms. The molecule has 3 amide bonds. The fourth-order valence-corrected chi connectivity index (χ4v) is 4.87. The molecule has 1 aromatic carbocycles. The first-order valence-corrected chi connectivity index (χ1v) is 13.1. The van der Waals surface area contributed by atoms with Crippen LogP contribution in [0.2, 0.25) is 0 Å². The van der Waals surface area contributed by atoms with Crippen molar-refractivity contribution in [2.75, 3.05) is 26.4 Å². The van der Waals surface area contributed by atoms with Gasteiger partial charge >= 0.3 is 51.4 Å². The average molecular weight is 524 g/mol. The molecular weight excluding hydrogens is 481 g/mol. The second-order valence-electron chi connectivity index (χ2n) is 11.0. The van der Waals surface area contributed by atoms with E-state index in [0.717, 1.165) is 23.6 Å². The molecule has 3 rings (SSSR count). The molecule has 7 nitrogen and oxygen atoms in total. The molecule has 1 aromatic rings. The number of nitrogens with zero attached hydrogens (tertiary/aromatic N) is 2. The van der Waals surface area contributed by atoms with Gasteiger partial charge in [0.25, 0.3) is 0 Å². The number of hydrogen-bond donors (Lipinski definition) is 1. The summed E-state index contributed by atoms with van der Waals surface area (Å²) in [7, 11) is 0. The molecular formula is C28H42KN3O4. The van der Waals surface area contributed by atoms with Gasteiger partial charge in [-0.2, -0.15) is 0 Å². The standard InChI is InChI=1S/C28H42N3O4.K/c1-27(2,28(3,4)26(34)31-18-16-25(31)33)22-12-14-23(15-13-22)30-20-35-19-24(32)29-17-8-7-11-21-9-5-6-10-21;/h12-15,21H,5-11,16-20H2,1-4H3,(H,29,32);/q-1;+1. The number of carbonyl (C=O) groups is 3. The van der Waals surface area contributed by atoms with Crippen LogP contribution in [0.1, 0.15) is 84.6 Å². The van der Waals surface area contributed by atoms with Gasteiger partial charge in [-0.05, 0) is 24.6 Å². The summed E-state index contributed by atoms with van der Waals surface area (Å²) in [6.07, 6.45) is 9.45. The van der Waals surface area contributed by atoms with E-state index in [-0.39, 0.29) is 82.4 Å². The Morgan fingerprint density at radius 2 is 1.75 bits per heavy atom. The topological polar surface area (TPSA) is 89.8 Å². The van der Waals surface area contributed by atoms with Crippen molar-refractivity contribution >= 4 is 23.4 Å². The molecule has 1 N–H and O–H groups in total. The Hall–Kier alpha value is -0.774. The summed E-state index contributed by atoms with van der Waals surface area (Å²) in [6.45, 7) is 9.17. The van der Waals surface area contributed by atoms with Crippen LogP contribution in [0.3, 0.4) is 0 Å². The maximum atomic E-state index is 13.0. The van der Waals surface area contributed by atoms with E-state index in [1.54, 1.807) is 0 Å². The number of carbonyl (C=O) groups excluding carboxylic acids is 3. The number of ether oxygens (including phenoxy) is 1. The molecule has 2 aliphatic rings. The second kappa shape index (κ2) is 14.4. The van der Waals surface area contributed by atoms with Gasteiger partial charge in [0.2, 0.25) is 17.7 Å². The summed E-state index contributed by atoms with van der Waals surface area (Å²) in [5.74, 6) is 0.570. The minimum absolute atomic E-state index is 0. The Kier molecular flexibility index (Phi) is 12.6. The van der Waals surface area contributed by atoms with E-state index in [1.165, 1.54) is 43.4 Å². The maximum Gasteiger partial charge on any atom is 1.00 e. The van der Waals surface area contributed by atoms with Crippen molar-refractivity contribution in [3.05, 3.63) is 35.1 Å². The smallest absolute Gasteiger partial charge is 0.662 e. The van der Waals surface area contributed by atoms with Crippen LogP contribution in [-0.4, -0.2) is 49.0 Å². The quantitative estimate of drug-likeness (QED) is 0.244. The van der Waals surface area contributed by atoms with Gasteiger partial charge in [0.15, 0.2) is 0 Å². The molecule has 1 heterocycles. The Balaban J connectivity index is 0.00000456. The number of hydrogen-bond acceptors (Lipinski definition) is 4. The third-order valence-corrected chi connectivity index (χ3v) is 8.19. The van der Waals surface area contributed by atoms with E-state index in [0.29, 0.717) is 19.5 Å². The fraction of sp³-hybridized carbons (Fsp3) is 0.679. The van der Waals surface area contributed by atoms with Gasteiger partial charge in [0.1, 0.15) is 6.61 Å². The monoisotopic (exact) mass is 523 g/mol. The normalized spacial score (nSPS) is 16.3. The molecule has 2 fully saturated rings. The van der Waals surface area contributed by atoms with Crippen molar-refractivity contribution in [3.8, 4) is 0 Å². The summed E-state index contributed by atoms with van der Waals surface area (Å²) >= 11 is 0. The van der Waals surface area contributed by atoms with Crippen LogP contribution in [0, 0.1) is 11.3 Å². The number of amides is 3. The Morgan fingerprint density at radius 1 is 1.08 bits per heavy atom. The summed E-state index contributed by atoms with van der Waals surface area (Å²) in [5.41, 5.74) is 0.522. The largest absolute Gasteiger partial charge is 1.00 e. The predicted molar refractivity (Wildman–Crippen MR) is 137 cm³/mol. The van der Waals surface area contributed by atoms with E-state index in [2.05, 4.69) is 10.6 Å². The minimum atomic E-state index is -0.741. The summed E-state index contributed by atoms with van der Waals surface area (Å²) < 4.78 is 5.42. The third kappa shape index (κ3) is 8.11. The van der Waals surface area contributed by atoms with Crippen LogP contribution in [0.5, 0.6) is 0 Å².